The summed E-state index contributed by atoms with van der Waals surface area (Å²) < 4.78 is 0. The van der Waals surface area contributed by atoms with Gasteiger partial charge >= 0.3 is 0 Å². The quantitative estimate of drug-likeness (QED) is 0.657. The second-order valence-corrected chi connectivity index (χ2v) is 4.73. The van der Waals surface area contributed by atoms with Crippen LogP contribution in [-0.2, 0) is 4.79 Å². The zero-order chi connectivity index (χ0) is 10.0. The molecule has 15 heavy (non-hydrogen) atoms. The van der Waals surface area contributed by atoms with Gasteiger partial charge in [-0.3, -0.25) is 4.79 Å². The van der Waals surface area contributed by atoms with Gasteiger partial charge in [-0.2, -0.15) is 4.91 Å². The molecule has 0 aromatic carbocycles. The van der Waals surface area contributed by atoms with Crippen LogP contribution < -0.4 is 0 Å². The molecule has 0 radical (unpaired) electrons. The van der Waals surface area contributed by atoms with E-state index < -0.39 is 0 Å². The van der Waals surface area contributed by atoms with Gasteiger partial charge in [-0.05, 0) is 25.2 Å². The fourth-order valence-electron chi connectivity index (χ4n) is 3.01. The van der Waals surface area contributed by atoms with E-state index in [2.05, 4.69) is 5.18 Å². The lowest BCUT2D eigenvalue weighted by atomic mass is 9.73. The van der Waals surface area contributed by atoms with E-state index >= 15 is 0 Å². The predicted octanol–water partition coefficient (Wildman–Crippen LogP) is 2.00. The maximum Gasteiger partial charge on any atom is 0.133 e. The average molecular weight is 213 g/mol. The third-order valence-corrected chi connectivity index (χ3v) is 3.91. The highest BCUT2D eigenvalue weighted by atomic mass is 16.3. The van der Waals surface area contributed by atoms with Crippen molar-refractivity contribution < 1.29 is 10.3 Å². The molecule has 0 bridgehead atoms. The summed E-state index contributed by atoms with van der Waals surface area (Å²) in [6.45, 7) is 0. The lowest BCUT2D eigenvalue weighted by Gasteiger charge is -2.35. The number of ketones is 1. The summed E-state index contributed by atoms with van der Waals surface area (Å²) in [6, 6.07) is 0. The maximum absolute atomic E-state index is 11.2. The molecule has 0 aromatic rings. The largest absolute Gasteiger partial charge is 0.412 e. The fraction of sp³-hybridized carbons (Fsp3) is 0.909. The van der Waals surface area contributed by atoms with Crippen LogP contribution in [0.4, 0.5) is 0 Å². The molecule has 2 rings (SSSR count). The number of rotatable bonds is 2. The number of hydrogen-bond acceptors (Lipinski definition) is 3. The fourth-order valence-corrected chi connectivity index (χ4v) is 3.01. The molecule has 2 N–H and O–H groups in total. The normalized spacial score (nSPS) is 29.6. The van der Waals surface area contributed by atoms with Crippen LogP contribution in [0.2, 0.25) is 0 Å². The predicted molar refractivity (Wildman–Crippen MR) is 57.6 cm³/mol. The molecule has 1 atom stereocenters. The summed E-state index contributed by atoms with van der Waals surface area (Å²) in [5.41, 5.74) is -0.371. The van der Waals surface area contributed by atoms with Crippen molar-refractivity contribution in [3.8, 4) is 0 Å². The minimum absolute atomic E-state index is 0. The van der Waals surface area contributed by atoms with Crippen LogP contribution in [0.5, 0.6) is 0 Å². The van der Waals surface area contributed by atoms with Crippen LogP contribution in [0, 0.1) is 10.8 Å². The van der Waals surface area contributed by atoms with Gasteiger partial charge in [0.05, 0.1) is 0 Å². The molecule has 0 saturated heterocycles. The highest BCUT2D eigenvalue weighted by Crippen LogP contribution is 2.44. The summed E-state index contributed by atoms with van der Waals surface area (Å²) in [7, 11) is 0. The van der Waals surface area contributed by atoms with Gasteiger partial charge in [-0.25, -0.2) is 0 Å². The molecule has 0 amide bonds. The summed E-state index contributed by atoms with van der Waals surface area (Å²) in [6.07, 6.45) is 7.42. The van der Waals surface area contributed by atoms with Crippen LogP contribution in [-0.4, -0.2) is 16.8 Å². The Morgan fingerprint density at radius 2 is 1.87 bits per heavy atom. The Balaban J connectivity index is 0.00000112. The van der Waals surface area contributed by atoms with E-state index in [1.165, 1.54) is 6.42 Å². The van der Waals surface area contributed by atoms with Gasteiger partial charge < -0.3 is 5.48 Å². The van der Waals surface area contributed by atoms with Crippen LogP contribution in [0.1, 0.15) is 51.4 Å². The molecule has 0 spiro atoms. The van der Waals surface area contributed by atoms with E-state index in [4.69, 9.17) is 0 Å². The number of nitrogens with zero attached hydrogens (tertiary/aromatic N) is 1. The summed E-state index contributed by atoms with van der Waals surface area (Å²) >= 11 is 0. The molecule has 2 saturated carbocycles. The van der Waals surface area contributed by atoms with E-state index in [1.54, 1.807) is 0 Å². The number of nitroso groups, excluding NO2 is 1. The topological polar surface area (TPSA) is 78.0 Å². The number of Topliss-reactive ketones (excluding diaryl/α,β-unsaturated/α-hetero) is 1. The third kappa shape index (κ3) is 2.25. The van der Waals surface area contributed by atoms with Gasteiger partial charge in [-0.15, -0.1) is 0 Å². The zero-order valence-corrected chi connectivity index (χ0v) is 9.00. The lowest BCUT2D eigenvalue weighted by molar-refractivity contribution is -0.117. The Kier molecular flexibility index (Phi) is 3.97. The minimum atomic E-state index is -0.371. The molecule has 86 valence electrons. The standard InChI is InChI=1S/C11H17NO2.H2O/c13-10-5-4-9(8-10)11(12-14)6-2-1-3-7-11;/h9H,1-8H2;1H2. The van der Waals surface area contributed by atoms with Crippen molar-refractivity contribution in [3.63, 3.8) is 0 Å². The van der Waals surface area contributed by atoms with E-state index in [0.717, 1.165) is 32.1 Å². The number of carbonyl (C=O) groups is 1. The Morgan fingerprint density at radius 1 is 1.20 bits per heavy atom. The molecule has 2 aliphatic carbocycles. The first-order chi connectivity index (χ1) is 6.77. The highest BCUT2D eigenvalue weighted by Gasteiger charge is 2.44. The Labute approximate surface area is 89.7 Å². The zero-order valence-electron chi connectivity index (χ0n) is 9.00. The molecule has 2 fully saturated rings. The Bertz CT molecular complexity index is 246. The highest BCUT2D eigenvalue weighted by molar-refractivity contribution is 5.80. The maximum atomic E-state index is 11.2. The van der Waals surface area contributed by atoms with Crippen LogP contribution in [0.25, 0.3) is 0 Å². The number of hydrogen-bond donors (Lipinski definition) is 0. The summed E-state index contributed by atoms with van der Waals surface area (Å²) in [5, 5.41) is 3.39. The van der Waals surface area contributed by atoms with Crippen molar-refractivity contribution in [1.82, 2.24) is 0 Å². The minimum Gasteiger partial charge on any atom is -0.412 e. The van der Waals surface area contributed by atoms with Crippen molar-refractivity contribution in [3.05, 3.63) is 4.91 Å². The number of carbonyl (C=O) groups excluding carboxylic acids is 1. The summed E-state index contributed by atoms with van der Waals surface area (Å²) in [5.74, 6) is 0.580. The van der Waals surface area contributed by atoms with Crippen molar-refractivity contribution in [1.29, 1.82) is 0 Å². The first-order valence-electron chi connectivity index (χ1n) is 5.63. The van der Waals surface area contributed by atoms with Crippen molar-refractivity contribution >= 4 is 5.78 Å². The van der Waals surface area contributed by atoms with Gasteiger partial charge in [0.25, 0.3) is 0 Å². The first kappa shape index (κ1) is 12.3. The molecular weight excluding hydrogens is 194 g/mol. The van der Waals surface area contributed by atoms with Gasteiger partial charge in [0.15, 0.2) is 0 Å². The van der Waals surface area contributed by atoms with Crippen molar-refractivity contribution in [2.45, 2.75) is 56.9 Å². The Hall–Kier alpha value is -0.770. The molecule has 0 heterocycles. The molecule has 0 aliphatic heterocycles. The van der Waals surface area contributed by atoms with E-state index in [1.807, 2.05) is 0 Å². The van der Waals surface area contributed by atoms with E-state index in [-0.39, 0.29) is 16.9 Å². The second kappa shape index (κ2) is 4.84. The van der Waals surface area contributed by atoms with Crippen molar-refractivity contribution in [2.24, 2.45) is 11.1 Å². The Morgan fingerprint density at radius 3 is 2.33 bits per heavy atom. The van der Waals surface area contributed by atoms with Gasteiger partial charge in [0.2, 0.25) is 0 Å². The van der Waals surface area contributed by atoms with E-state index in [0.29, 0.717) is 18.6 Å². The molecular formula is C11H19NO3. The molecule has 2 aliphatic rings. The monoisotopic (exact) mass is 213 g/mol. The lowest BCUT2D eigenvalue weighted by Crippen LogP contribution is -2.36. The summed E-state index contributed by atoms with van der Waals surface area (Å²) in [4.78, 5) is 22.2. The third-order valence-electron chi connectivity index (χ3n) is 3.91. The molecule has 4 nitrogen and oxygen atoms in total. The SMILES string of the molecule is O.O=NC1(C2CCC(=O)C2)CCCCC1. The van der Waals surface area contributed by atoms with Crippen LogP contribution in [0.3, 0.4) is 0 Å². The average Bonchev–Trinajstić information content (AvgIpc) is 2.66. The van der Waals surface area contributed by atoms with Crippen molar-refractivity contribution in [2.75, 3.05) is 0 Å². The second-order valence-electron chi connectivity index (χ2n) is 4.73. The first-order valence-corrected chi connectivity index (χ1v) is 5.63. The van der Waals surface area contributed by atoms with Gasteiger partial charge in [-0.1, -0.05) is 24.4 Å². The van der Waals surface area contributed by atoms with Gasteiger partial charge in [0.1, 0.15) is 11.3 Å². The molecule has 1 unspecified atom stereocenters. The van der Waals surface area contributed by atoms with Gasteiger partial charge in [0, 0.05) is 12.8 Å². The molecule has 0 aromatic heterocycles. The van der Waals surface area contributed by atoms with Crippen LogP contribution >= 0.6 is 0 Å². The van der Waals surface area contributed by atoms with E-state index in [9.17, 15) is 9.70 Å². The smallest absolute Gasteiger partial charge is 0.133 e. The van der Waals surface area contributed by atoms with Crippen LogP contribution in [0.15, 0.2) is 5.18 Å². The molecule has 4 heteroatoms.